The first-order valence-corrected chi connectivity index (χ1v) is 14.0. The van der Waals surface area contributed by atoms with Crippen molar-refractivity contribution in [1.82, 2.24) is 0 Å². The highest BCUT2D eigenvalue weighted by molar-refractivity contribution is 5.02. The van der Waals surface area contributed by atoms with Gasteiger partial charge in [-0.15, -0.1) is 0 Å². The highest BCUT2D eigenvalue weighted by atomic mass is 16.8. The first kappa shape index (κ1) is 37.0. The van der Waals surface area contributed by atoms with E-state index in [4.69, 9.17) is 33.2 Å². The van der Waals surface area contributed by atoms with Gasteiger partial charge in [0.1, 0.15) is 99.2 Å². The summed E-state index contributed by atoms with van der Waals surface area (Å²) in [6.07, 6.45) is -24.9. The molecule has 0 aromatic carbocycles. The molecule has 0 unspecified atom stereocenters. The fourth-order valence-corrected chi connectivity index (χ4v) is 5.56. The Balaban J connectivity index is 1.58. The number of rotatable bonds is 13. The van der Waals surface area contributed by atoms with Crippen molar-refractivity contribution in [2.75, 3.05) is 46.2 Å². The molecule has 4 aliphatic rings. The third kappa shape index (κ3) is 6.74. The molecule has 0 aromatic rings. The third-order valence-electron chi connectivity index (χ3n) is 8.41. The van der Waals surface area contributed by atoms with Crippen LogP contribution >= 0.6 is 0 Å². The second kappa shape index (κ2) is 14.3. The molecule has 4 aliphatic heterocycles. The second-order valence-corrected chi connectivity index (χ2v) is 11.4. The van der Waals surface area contributed by atoms with Crippen molar-refractivity contribution >= 4 is 0 Å². The lowest BCUT2D eigenvalue weighted by Crippen LogP contribution is -2.61. The van der Waals surface area contributed by atoms with Crippen molar-refractivity contribution in [2.24, 2.45) is 0 Å². The quantitative estimate of drug-likeness (QED) is 0.0867. The van der Waals surface area contributed by atoms with Crippen LogP contribution < -0.4 is 0 Å². The number of ether oxygens (including phenoxy) is 7. The van der Waals surface area contributed by atoms with Gasteiger partial charge in [-0.1, -0.05) is 0 Å². The molecule has 4 saturated heterocycles. The van der Waals surface area contributed by atoms with Crippen LogP contribution in [0.2, 0.25) is 0 Å². The summed E-state index contributed by atoms with van der Waals surface area (Å²) in [6, 6.07) is 0. The summed E-state index contributed by atoms with van der Waals surface area (Å²) in [5.74, 6) is -7.84. The van der Waals surface area contributed by atoms with Gasteiger partial charge in [-0.25, -0.2) is 0 Å². The van der Waals surface area contributed by atoms with E-state index in [1.165, 1.54) is 0 Å². The first-order chi connectivity index (χ1) is 21.1. The van der Waals surface area contributed by atoms with E-state index in [-0.39, 0.29) is 0 Å². The molecule has 0 spiro atoms. The van der Waals surface area contributed by atoms with E-state index in [9.17, 15) is 71.5 Å². The highest BCUT2D eigenvalue weighted by Gasteiger charge is 2.62. The number of hydrogen-bond acceptors (Lipinski definition) is 21. The molecule has 0 aromatic heterocycles. The molecule has 21 heteroatoms. The Kier molecular flexibility index (Phi) is 11.8. The molecular formula is C24H42O21. The molecule has 45 heavy (non-hydrogen) atoms. The van der Waals surface area contributed by atoms with E-state index in [0.717, 1.165) is 0 Å². The number of hydrogen-bond donors (Lipinski definition) is 14. The van der Waals surface area contributed by atoms with Crippen molar-refractivity contribution in [2.45, 2.75) is 103 Å². The van der Waals surface area contributed by atoms with Crippen LogP contribution in [-0.4, -0.2) is 221 Å². The van der Waals surface area contributed by atoms with Gasteiger partial charge in [0.15, 0.2) is 6.29 Å². The highest BCUT2D eigenvalue weighted by Crippen LogP contribution is 2.40. The topological polar surface area (TPSA) is 348 Å². The molecule has 0 bridgehead atoms. The predicted molar refractivity (Wildman–Crippen MR) is 134 cm³/mol. The molecule has 14 N–H and O–H groups in total. The molecule has 4 heterocycles. The monoisotopic (exact) mass is 666 g/mol. The van der Waals surface area contributed by atoms with Gasteiger partial charge in [0.25, 0.3) is 0 Å². The van der Waals surface area contributed by atoms with Gasteiger partial charge in [0.05, 0.1) is 26.4 Å². The smallest absolute Gasteiger partial charge is 0.222 e. The Labute approximate surface area is 254 Å². The zero-order valence-electron chi connectivity index (χ0n) is 23.7. The molecule has 264 valence electrons. The summed E-state index contributed by atoms with van der Waals surface area (Å²) in [6.45, 7) is -6.58. The molecule has 21 nitrogen and oxygen atoms in total. The maximum absolute atomic E-state index is 10.9. The van der Waals surface area contributed by atoms with Gasteiger partial charge >= 0.3 is 0 Å². The Hall–Kier alpha value is -0.840. The standard InChI is InChI=1S/C24H42O21/c25-1-8-12(29)16(33)17(34)21(42-8)39-6-23(19(36)14(31)10(3-27)44-23)41-7-24(20(37)15(32)11(4-28)45-24)40-5-22(38)18(35)13(30)9(2-26)43-22/h8-21,25-38H,1-7H2/t8-,9+,10+,11-,12-,13+,14+,15-,16+,17-,18-,19-,20+,21+,22+,23+,24-/m1/s1. The minimum absolute atomic E-state index is 0.804. The van der Waals surface area contributed by atoms with Gasteiger partial charge < -0.3 is 105 Å². The van der Waals surface area contributed by atoms with Gasteiger partial charge in [0, 0.05) is 0 Å². The van der Waals surface area contributed by atoms with Crippen LogP contribution in [-0.2, 0) is 33.2 Å². The average molecular weight is 667 g/mol. The van der Waals surface area contributed by atoms with Crippen molar-refractivity contribution < 1.29 is 105 Å². The molecule has 0 aliphatic carbocycles. The van der Waals surface area contributed by atoms with E-state index in [2.05, 4.69) is 0 Å². The average Bonchev–Trinajstić information content (AvgIpc) is 3.53. The summed E-state index contributed by atoms with van der Waals surface area (Å²) >= 11 is 0. The summed E-state index contributed by atoms with van der Waals surface area (Å²) in [5, 5.41) is 143. The van der Waals surface area contributed by atoms with Crippen molar-refractivity contribution in [3.05, 3.63) is 0 Å². The molecule has 0 radical (unpaired) electrons. The van der Waals surface area contributed by atoms with Gasteiger partial charge in [0.2, 0.25) is 17.4 Å². The van der Waals surface area contributed by atoms with Crippen molar-refractivity contribution in [3.8, 4) is 0 Å². The van der Waals surface area contributed by atoms with Crippen LogP contribution in [0, 0.1) is 0 Å². The Bertz CT molecular complexity index is 962. The Morgan fingerprint density at radius 3 is 1.38 bits per heavy atom. The molecule has 17 atom stereocenters. The van der Waals surface area contributed by atoms with E-state index in [0.29, 0.717) is 0 Å². The second-order valence-electron chi connectivity index (χ2n) is 11.4. The maximum atomic E-state index is 10.9. The largest absolute Gasteiger partial charge is 0.394 e. The first-order valence-electron chi connectivity index (χ1n) is 14.0. The van der Waals surface area contributed by atoms with E-state index in [1.54, 1.807) is 0 Å². The van der Waals surface area contributed by atoms with Crippen molar-refractivity contribution in [1.29, 1.82) is 0 Å². The Morgan fingerprint density at radius 1 is 0.467 bits per heavy atom. The summed E-state index contributed by atoms with van der Waals surface area (Å²) < 4.78 is 38.2. The van der Waals surface area contributed by atoms with E-state index < -0.39 is 149 Å². The van der Waals surface area contributed by atoms with E-state index >= 15 is 0 Å². The minimum atomic E-state index is -2.71. The lowest BCUT2D eigenvalue weighted by molar-refractivity contribution is -0.372. The molecule has 0 amide bonds. The number of aliphatic hydroxyl groups is 14. The zero-order chi connectivity index (χ0) is 33.5. The summed E-state index contributed by atoms with van der Waals surface area (Å²) in [4.78, 5) is 0. The normalized spacial score (nSPS) is 52.1. The van der Waals surface area contributed by atoms with E-state index in [1.807, 2.05) is 0 Å². The van der Waals surface area contributed by atoms with Crippen LogP contribution in [0.15, 0.2) is 0 Å². The van der Waals surface area contributed by atoms with Gasteiger partial charge in [-0.3, -0.25) is 0 Å². The molecule has 4 fully saturated rings. The number of aliphatic hydroxyl groups excluding tert-OH is 13. The SMILES string of the molecule is OC[C@@H]1O[C@](CO[C@H]2O[C@H](CO)[C@@H](O)[C@H](O)[C@H]2O)(OC[C@@]2(OC[C@]3(O)O[C@@H](CO)[C@H](O)[C@H]3O)O[C@H](CO)[C@@H](O)[C@@H]2O)[C@H](O)[C@H]1O. The molecular weight excluding hydrogens is 624 g/mol. The predicted octanol–water partition coefficient (Wildman–Crippen LogP) is -9.74. The molecule has 4 rings (SSSR count). The van der Waals surface area contributed by atoms with Gasteiger partial charge in [-0.2, -0.15) is 0 Å². The lowest BCUT2D eigenvalue weighted by Gasteiger charge is -2.42. The fourth-order valence-electron chi connectivity index (χ4n) is 5.56. The maximum Gasteiger partial charge on any atom is 0.222 e. The lowest BCUT2D eigenvalue weighted by atomic mass is 9.99. The summed E-state index contributed by atoms with van der Waals surface area (Å²) in [7, 11) is 0. The van der Waals surface area contributed by atoms with Crippen LogP contribution in [0.5, 0.6) is 0 Å². The van der Waals surface area contributed by atoms with Crippen molar-refractivity contribution in [3.63, 3.8) is 0 Å². The third-order valence-corrected chi connectivity index (χ3v) is 8.41. The van der Waals surface area contributed by atoms with Crippen LogP contribution in [0.3, 0.4) is 0 Å². The van der Waals surface area contributed by atoms with Crippen LogP contribution in [0.25, 0.3) is 0 Å². The Morgan fingerprint density at radius 2 is 0.911 bits per heavy atom. The minimum Gasteiger partial charge on any atom is -0.394 e. The molecule has 0 saturated carbocycles. The van der Waals surface area contributed by atoms with Crippen LogP contribution in [0.1, 0.15) is 0 Å². The zero-order valence-corrected chi connectivity index (χ0v) is 23.7. The van der Waals surface area contributed by atoms with Crippen LogP contribution in [0.4, 0.5) is 0 Å². The fraction of sp³-hybridized carbons (Fsp3) is 1.00. The van der Waals surface area contributed by atoms with Gasteiger partial charge in [-0.05, 0) is 0 Å². The summed E-state index contributed by atoms with van der Waals surface area (Å²) in [5.41, 5.74) is 0.